The van der Waals surface area contributed by atoms with Gasteiger partial charge >= 0.3 is 7.25 Å². The highest BCUT2D eigenvalue weighted by molar-refractivity contribution is 7.73. The largest absolute Gasteiger partial charge is 0.673 e. The Bertz CT molecular complexity index is 610. The van der Waals surface area contributed by atoms with Crippen molar-refractivity contribution in [2.45, 2.75) is 51.6 Å². The average Bonchev–Trinajstić information content (AvgIpc) is 2.58. The van der Waals surface area contributed by atoms with Crippen LogP contribution in [0.25, 0.3) is 0 Å². The Morgan fingerprint density at radius 3 is 1.38 bits per heavy atom. The Balaban J connectivity index is 0.000000431. The molecule has 0 bridgehead atoms. The molecule has 2 aromatic rings. The van der Waals surface area contributed by atoms with E-state index in [1.165, 1.54) is 43.2 Å². The molecule has 3 rings (SSSR count). The van der Waals surface area contributed by atoms with Gasteiger partial charge in [0.15, 0.2) is 0 Å². The maximum Gasteiger partial charge on any atom is 0.673 e. The van der Waals surface area contributed by atoms with Gasteiger partial charge in [0, 0.05) is 0 Å². The highest BCUT2D eigenvalue weighted by Crippen LogP contribution is 2.46. The van der Waals surface area contributed by atoms with Crippen LogP contribution in [0.4, 0.5) is 17.3 Å². The van der Waals surface area contributed by atoms with Crippen LogP contribution in [0.15, 0.2) is 48.5 Å². The topological polar surface area (TPSA) is 0 Å². The van der Waals surface area contributed by atoms with E-state index < -0.39 is 15.2 Å². The summed E-state index contributed by atoms with van der Waals surface area (Å²) < 4.78 is 39.0. The molecule has 0 N–H and O–H groups in total. The van der Waals surface area contributed by atoms with Gasteiger partial charge in [0.1, 0.15) is 0 Å². The first kappa shape index (κ1) is 21.0. The standard InChI is InChI=1S/C20H25P.BF4/c1-16-8-12-19(13-9-16)21(18-6-4-3-5-7-18)20-14-10-17(2)11-15-20;2-1(3,4)5/h8-15,18H,3-7H2,1-2H3;/q;-1/p+1. The summed E-state index contributed by atoms with van der Waals surface area (Å²) in [4.78, 5) is 0. The summed E-state index contributed by atoms with van der Waals surface area (Å²) in [6.07, 6.45) is 7.15. The fourth-order valence-corrected chi connectivity index (χ4v) is 6.81. The van der Waals surface area contributed by atoms with Gasteiger partial charge in [0.25, 0.3) is 0 Å². The summed E-state index contributed by atoms with van der Waals surface area (Å²) in [5.41, 5.74) is 3.65. The second-order valence-corrected chi connectivity index (χ2v) is 9.77. The van der Waals surface area contributed by atoms with E-state index in [4.69, 9.17) is 0 Å². The van der Waals surface area contributed by atoms with Gasteiger partial charge in [-0.2, -0.15) is 0 Å². The predicted molar refractivity (Wildman–Crippen MR) is 107 cm³/mol. The lowest BCUT2D eigenvalue weighted by Gasteiger charge is -2.25. The van der Waals surface area contributed by atoms with Gasteiger partial charge in [-0.3, -0.25) is 0 Å². The Morgan fingerprint density at radius 2 is 1.04 bits per heavy atom. The summed E-state index contributed by atoms with van der Waals surface area (Å²) >= 11 is 0. The van der Waals surface area contributed by atoms with E-state index in [2.05, 4.69) is 62.4 Å². The van der Waals surface area contributed by atoms with E-state index >= 15 is 0 Å². The highest BCUT2D eigenvalue weighted by Gasteiger charge is 2.33. The maximum atomic E-state index is 9.75. The molecular formula is C20H26BF4P. The van der Waals surface area contributed by atoms with Crippen LogP contribution in [0.1, 0.15) is 43.2 Å². The summed E-state index contributed by atoms with van der Waals surface area (Å²) in [7, 11) is -6.63. The Morgan fingerprint density at radius 1 is 0.692 bits per heavy atom. The number of hydrogen-bond acceptors (Lipinski definition) is 0. The molecule has 0 saturated heterocycles. The molecule has 0 amide bonds. The molecule has 0 atom stereocenters. The fourth-order valence-electron chi connectivity index (χ4n) is 3.50. The second-order valence-electron chi connectivity index (χ2n) is 6.98. The van der Waals surface area contributed by atoms with Crippen LogP contribution in [0.3, 0.4) is 0 Å². The first-order chi connectivity index (χ1) is 12.2. The van der Waals surface area contributed by atoms with Crippen LogP contribution in [0.2, 0.25) is 0 Å². The van der Waals surface area contributed by atoms with Crippen LogP contribution < -0.4 is 10.6 Å². The molecule has 0 spiro atoms. The van der Waals surface area contributed by atoms with Gasteiger partial charge in [0.2, 0.25) is 0 Å². The van der Waals surface area contributed by atoms with Crippen LogP contribution in [-0.2, 0) is 0 Å². The van der Waals surface area contributed by atoms with Crippen molar-refractivity contribution >= 4 is 25.8 Å². The lowest BCUT2D eigenvalue weighted by Crippen LogP contribution is -2.23. The summed E-state index contributed by atoms with van der Waals surface area (Å²) in [6, 6.07) is 18.7. The van der Waals surface area contributed by atoms with Crippen LogP contribution >= 0.6 is 7.92 Å². The average molecular weight is 384 g/mol. The normalized spacial score (nSPS) is 15.5. The van der Waals surface area contributed by atoms with E-state index in [9.17, 15) is 17.3 Å². The molecule has 1 fully saturated rings. The van der Waals surface area contributed by atoms with E-state index in [1.54, 1.807) is 10.6 Å². The van der Waals surface area contributed by atoms with Crippen molar-refractivity contribution in [3.63, 3.8) is 0 Å². The quantitative estimate of drug-likeness (QED) is 0.341. The third-order valence-corrected chi connectivity index (χ3v) is 8.04. The zero-order valence-corrected chi connectivity index (χ0v) is 16.3. The monoisotopic (exact) mass is 384 g/mol. The summed E-state index contributed by atoms with van der Waals surface area (Å²) in [6.45, 7) is 4.37. The van der Waals surface area contributed by atoms with Crippen LogP contribution in [0.5, 0.6) is 0 Å². The predicted octanol–water partition coefficient (Wildman–Crippen LogP) is 6.10. The number of hydrogen-bond donors (Lipinski definition) is 0. The molecule has 1 saturated carbocycles. The molecule has 0 unspecified atom stereocenters. The van der Waals surface area contributed by atoms with Gasteiger partial charge in [-0.25, -0.2) is 0 Å². The molecule has 1 aliphatic rings. The molecule has 142 valence electrons. The molecule has 0 radical (unpaired) electrons. The van der Waals surface area contributed by atoms with E-state index in [0.717, 1.165) is 5.66 Å². The second kappa shape index (κ2) is 9.55. The number of halogens is 4. The Labute approximate surface area is 154 Å². The van der Waals surface area contributed by atoms with Crippen molar-refractivity contribution in [1.29, 1.82) is 0 Å². The molecule has 26 heavy (non-hydrogen) atoms. The van der Waals surface area contributed by atoms with E-state index in [0.29, 0.717) is 0 Å². The first-order valence-electron chi connectivity index (χ1n) is 9.12. The lowest BCUT2D eigenvalue weighted by atomic mass is 10.0. The van der Waals surface area contributed by atoms with Gasteiger partial charge in [-0.15, -0.1) is 0 Å². The van der Waals surface area contributed by atoms with Crippen molar-refractivity contribution in [3.05, 3.63) is 59.7 Å². The smallest absolute Gasteiger partial charge is 0.418 e. The van der Waals surface area contributed by atoms with Crippen molar-refractivity contribution < 1.29 is 17.3 Å². The molecule has 0 aromatic heterocycles. The third kappa shape index (κ3) is 7.11. The molecule has 0 aliphatic heterocycles. The minimum Gasteiger partial charge on any atom is -0.418 e. The van der Waals surface area contributed by atoms with Gasteiger partial charge in [0.05, 0.1) is 24.2 Å². The fraction of sp³-hybridized carbons (Fsp3) is 0.400. The van der Waals surface area contributed by atoms with Crippen LogP contribution in [-0.4, -0.2) is 12.9 Å². The number of benzene rings is 2. The van der Waals surface area contributed by atoms with Gasteiger partial charge in [-0.1, -0.05) is 41.8 Å². The maximum absolute atomic E-state index is 9.75. The molecule has 1 aliphatic carbocycles. The van der Waals surface area contributed by atoms with Crippen molar-refractivity contribution in [2.24, 2.45) is 0 Å². The zero-order valence-electron chi connectivity index (χ0n) is 15.3. The third-order valence-electron chi connectivity index (χ3n) is 4.74. The number of rotatable bonds is 3. The van der Waals surface area contributed by atoms with Crippen molar-refractivity contribution in [2.75, 3.05) is 0 Å². The number of aryl methyl sites for hydroxylation is 2. The zero-order chi connectivity index (χ0) is 19.2. The minimum absolute atomic E-state index is 0.633. The minimum atomic E-state index is -6.00. The molecule has 0 nitrogen and oxygen atoms in total. The molecule has 0 heterocycles. The van der Waals surface area contributed by atoms with Crippen molar-refractivity contribution in [1.82, 2.24) is 0 Å². The highest BCUT2D eigenvalue weighted by atomic mass is 31.1. The Hall–Kier alpha value is -1.35. The lowest BCUT2D eigenvalue weighted by molar-refractivity contribution is 0.368. The van der Waals surface area contributed by atoms with Gasteiger partial charge < -0.3 is 17.3 Å². The molecule has 2 aromatic carbocycles. The van der Waals surface area contributed by atoms with Crippen LogP contribution in [0, 0.1) is 13.8 Å². The van der Waals surface area contributed by atoms with E-state index in [-0.39, 0.29) is 0 Å². The summed E-state index contributed by atoms with van der Waals surface area (Å²) in [5, 5.41) is 3.20. The Kier molecular flexibility index (Phi) is 7.70. The first-order valence-corrected chi connectivity index (χ1v) is 10.7. The molecule has 6 heteroatoms. The summed E-state index contributed by atoms with van der Waals surface area (Å²) in [5.74, 6) is 0. The van der Waals surface area contributed by atoms with E-state index in [1.807, 2.05) is 0 Å². The van der Waals surface area contributed by atoms with Gasteiger partial charge in [-0.05, 0) is 63.8 Å². The van der Waals surface area contributed by atoms with Crippen molar-refractivity contribution in [3.8, 4) is 0 Å². The SMILES string of the molecule is Cc1ccc([PH+](c2ccc(C)cc2)C2CCCCC2)cc1.F[B-](F)(F)F. The molecular weight excluding hydrogens is 358 g/mol.